The van der Waals surface area contributed by atoms with Gasteiger partial charge in [-0.3, -0.25) is 4.79 Å². The predicted molar refractivity (Wildman–Crippen MR) is 124 cm³/mol. The Morgan fingerprint density at radius 3 is 2.39 bits per heavy atom. The third kappa shape index (κ3) is 6.32. The predicted octanol–water partition coefficient (Wildman–Crippen LogP) is 3.76. The molecule has 1 unspecified atom stereocenters. The minimum absolute atomic E-state index is 0.0251. The van der Waals surface area contributed by atoms with Crippen molar-refractivity contribution in [3.8, 4) is 11.6 Å². The van der Waals surface area contributed by atoms with E-state index in [2.05, 4.69) is 15.1 Å². The highest BCUT2D eigenvalue weighted by molar-refractivity contribution is 7.89. The number of sulfonamides is 1. The van der Waals surface area contributed by atoms with E-state index in [1.165, 1.54) is 22.9 Å². The Bertz CT molecular complexity index is 1150. The number of aromatic carboxylic acids is 1. The first-order valence-electron chi connectivity index (χ1n) is 10.7. The number of ether oxygens (including phenoxy) is 1. The summed E-state index contributed by atoms with van der Waals surface area (Å²) in [4.78, 5) is 23.6. The zero-order valence-electron chi connectivity index (χ0n) is 20.0. The highest BCUT2D eigenvalue weighted by Crippen LogP contribution is 2.34. The number of rotatable bonds is 9. The Morgan fingerprint density at radius 1 is 1.24 bits per heavy atom. The van der Waals surface area contributed by atoms with E-state index in [9.17, 15) is 23.1 Å². The Labute approximate surface area is 194 Å². The van der Waals surface area contributed by atoms with Gasteiger partial charge in [0.1, 0.15) is 10.6 Å². The summed E-state index contributed by atoms with van der Waals surface area (Å²) in [6.45, 7) is 12.4. The van der Waals surface area contributed by atoms with E-state index < -0.39 is 21.5 Å². The van der Waals surface area contributed by atoms with Gasteiger partial charge in [0.2, 0.25) is 21.8 Å². The van der Waals surface area contributed by atoms with Crippen LogP contribution in [0.2, 0.25) is 0 Å². The van der Waals surface area contributed by atoms with Crippen LogP contribution in [0.5, 0.6) is 11.6 Å². The van der Waals surface area contributed by atoms with Crippen molar-refractivity contribution in [3.05, 3.63) is 29.5 Å². The number of aryl methyl sites for hydroxylation is 1. The number of carbonyl (C=O) groups excluding carboxylic acids is 1. The lowest BCUT2D eigenvalue weighted by Gasteiger charge is -2.22. The maximum Gasteiger partial charge on any atom is 0.356 e. The van der Waals surface area contributed by atoms with E-state index in [1.54, 1.807) is 41.5 Å². The van der Waals surface area contributed by atoms with Crippen LogP contribution >= 0.6 is 0 Å². The second-order valence-corrected chi connectivity index (χ2v) is 10.5. The number of benzene rings is 1. The molecule has 0 fully saturated rings. The molecular weight excluding hydrogens is 448 g/mol. The van der Waals surface area contributed by atoms with Gasteiger partial charge in [-0.2, -0.15) is 5.10 Å². The van der Waals surface area contributed by atoms with Crippen LogP contribution in [0.25, 0.3) is 0 Å². The van der Waals surface area contributed by atoms with Gasteiger partial charge in [-0.25, -0.2) is 22.6 Å². The fourth-order valence-electron chi connectivity index (χ4n) is 2.98. The number of amides is 1. The van der Waals surface area contributed by atoms with Gasteiger partial charge in [-0.15, -0.1) is 0 Å². The average molecular weight is 481 g/mol. The van der Waals surface area contributed by atoms with Crippen LogP contribution in [0.3, 0.4) is 0 Å². The topological polar surface area (TPSA) is 140 Å². The average Bonchev–Trinajstić information content (AvgIpc) is 3.02. The molecule has 0 spiro atoms. The molecule has 0 aliphatic heterocycles. The molecule has 0 saturated carbocycles. The molecule has 182 valence electrons. The summed E-state index contributed by atoms with van der Waals surface area (Å²) >= 11 is 0. The molecule has 11 heteroatoms. The molecule has 1 amide bonds. The number of carbonyl (C=O) groups is 2. The summed E-state index contributed by atoms with van der Waals surface area (Å²) in [5, 5.41) is 16.1. The molecule has 1 aromatic heterocycles. The van der Waals surface area contributed by atoms with E-state index in [1.807, 2.05) is 6.92 Å². The van der Waals surface area contributed by atoms with Crippen molar-refractivity contribution >= 4 is 27.6 Å². The molecule has 0 aliphatic carbocycles. The van der Waals surface area contributed by atoms with Crippen molar-refractivity contribution in [3.63, 3.8) is 0 Å². The lowest BCUT2D eigenvalue weighted by Crippen LogP contribution is -2.40. The molecule has 1 atom stereocenters. The zero-order chi connectivity index (χ0) is 25.1. The molecule has 33 heavy (non-hydrogen) atoms. The number of hydrogen-bond acceptors (Lipinski definition) is 6. The smallest absolute Gasteiger partial charge is 0.356 e. The van der Waals surface area contributed by atoms with Gasteiger partial charge in [0, 0.05) is 29.3 Å². The first-order valence-corrected chi connectivity index (χ1v) is 12.2. The molecule has 2 rings (SSSR count). The quantitative estimate of drug-likeness (QED) is 0.496. The van der Waals surface area contributed by atoms with Crippen molar-refractivity contribution in [2.24, 2.45) is 5.92 Å². The monoisotopic (exact) mass is 480 g/mol. The minimum atomic E-state index is -4.07. The largest absolute Gasteiger partial charge is 0.476 e. The summed E-state index contributed by atoms with van der Waals surface area (Å²) in [5.74, 6) is -1.59. The van der Waals surface area contributed by atoms with Gasteiger partial charge in [-0.05, 0) is 59.2 Å². The standard InChI is InChI=1S/C22H32N4O6S/c1-8-13(3)19(27)23-15-10-11-16(17(12-15)33(30,31)25-22(5,6)7)32-20-14(4)18(21(28)29)24-26(20)9-2/h10-13,25H,8-9H2,1-7H3,(H,23,27)(H,28,29). The van der Waals surface area contributed by atoms with Crippen LogP contribution in [0.4, 0.5) is 5.69 Å². The summed E-state index contributed by atoms with van der Waals surface area (Å²) in [7, 11) is -4.07. The van der Waals surface area contributed by atoms with Crippen LogP contribution in [0.15, 0.2) is 23.1 Å². The van der Waals surface area contributed by atoms with Gasteiger partial charge < -0.3 is 15.2 Å². The molecule has 0 saturated heterocycles. The van der Waals surface area contributed by atoms with Crippen molar-refractivity contribution in [2.45, 2.75) is 71.9 Å². The summed E-state index contributed by atoms with van der Waals surface area (Å²) in [6.07, 6.45) is 0.635. The number of hydrogen-bond donors (Lipinski definition) is 3. The molecule has 0 bridgehead atoms. The molecule has 0 radical (unpaired) electrons. The van der Waals surface area contributed by atoms with Crippen molar-refractivity contribution in [1.82, 2.24) is 14.5 Å². The van der Waals surface area contributed by atoms with Gasteiger partial charge in [0.15, 0.2) is 5.69 Å². The van der Waals surface area contributed by atoms with Crippen molar-refractivity contribution in [1.29, 1.82) is 0 Å². The normalized spacial score (nSPS) is 12.9. The minimum Gasteiger partial charge on any atom is -0.476 e. The van der Waals surface area contributed by atoms with Gasteiger partial charge in [0.25, 0.3) is 0 Å². The number of anilines is 1. The molecule has 1 heterocycles. The van der Waals surface area contributed by atoms with Crippen LogP contribution in [0.1, 0.15) is 64.0 Å². The van der Waals surface area contributed by atoms with Gasteiger partial charge in [-0.1, -0.05) is 13.8 Å². The molecule has 10 nitrogen and oxygen atoms in total. The SMILES string of the molecule is CCC(C)C(=O)Nc1ccc(Oc2c(C)c(C(=O)O)nn2CC)c(S(=O)(=O)NC(C)(C)C)c1. The first-order chi connectivity index (χ1) is 15.2. The highest BCUT2D eigenvalue weighted by atomic mass is 32.2. The maximum absolute atomic E-state index is 13.2. The number of nitrogens with zero attached hydrogens (tertiary/aromatic N) is 2. The highest BCUT2D eigenvalue weighted by Gasteiger charge is 2.28. The van der Waals surface area contributed by atoms with Crippen molar-refractivity contribution in [2.75, 3.05) is 5.32 Å². The number of nitrogens with one attached hydrogen (secondary N) is 2. The Kier molecular flexibility index (Phi) is 7.91. The van der Waals surface area contributed by atoms with Gasteiger partial charge in [0.05, 0.1) is 0 Å². The van der Waals surface area contributed by atoms with Crippen LogP contribution < -0.4 is 14.8 Å². The molecule has 3 N–H and O–H groups in total. The van der Waals surface area contributed by atoms with Gasteiger partial charge >= 0.3 is 5.97 Å². The fourth-order valence-corrected chi connectivity index (χ4v) is 4.55. The number of aromatic nitrogens is 2. The molecular formula is C22H32N4O6S. The Balaban J connectivity index is 2.61. The van der Waals surface area contributed by atoms with Crippen LogP contribution in [0, 0.1) is 12.8 Å². The molecule has 2 aromatic rings. The van der Waals surface area contributed by atoms with Crippen LogP contribution in [-0.2, 0) is 21.4 Å². The zero-order valence-corrected chi connectivity index (χ0v) is 20.8. The van der Waals surface area contributed by atoms with E-state index in [4.69, 9.17) is 4.74 Å². The van der Waals surface area contributed by atoms with E-state index >= 15 is 0 Å². The van der Waals surface area contributed by atoms with E-state index in [0.717, 1.165) is 0 Å². The second-order valence-electron chi connectivity index (χ2n) is 8.82. The van der Waals surface area contributed by atoms with Crippen molar-refractivity contribution < 1.29 is 27.9 Å². The third-order valence-electron chi connectivity index (χ3n) is 4.84. The van der Waals surface area contributed by atoms with E-state index in [-0.39, 0.29) is 39.6 Å². The lowest BCUT2D eigenvalue weighted by molar-refractivity contribution is -0.119. The summed E-state index contributed by atoms with van der Waals surface area (Å²) in [6, 6.07) is 4.28. The fraction of sp³-hybridized carbons (Fsp3) is 0.500. The maximum atomic E-state index is 13.2. The van der Waals surface area contributed by atoms with Crippen LogP contribution in [-0.4, -0.2) is 40.7 Å². The second kappa shape index (κ2) is 9.92. The third-order valence-corrected chi connectivity index (χ3v) is 6.62. The lowest BCUT2D eigenvalue weighted by atomic mass is 10.1. The number of carboxylic acid groups (broad SMARTS) is 1. The Hall–Kier alpha value is -2.92. The molecule has 1 aromatic carbocycles. The van der Waals surface area contributed by atoms with E-state index in [0.29, 0.717) is 18.7 Å². The Morgan fingerprint density at radius 2 is 1.88 bits per heavy atom. The molecule has 0 aliphatic rings. The first kappa shape index (κ1) is 26.3. The summed E-state index contributed by atoms with van der Waals surface area (Å²) in [5.41, 5.74) is -0.384. The number of carboxylic acids is 1. The summed E-state index contributed by atoms with van der Waals surface area (Å²) < 4.78 is 36.3.